The molecule has 9 nitrogen and oxygen atoms in total. The molecule has 0 bridgehead atoms. The Morgan fingerprint density at radius 3 is 2.89 bits per heavy atom. The quantitative estimate of drug-likeness (QED) is 0.437. The number of imidazole rings is 1. The molecule has 0 saturated heterocycles. The molecule has 0 fully saturated rings. The van der Waals surface area contributed by atoms with Crippen molar-refractivity contribution in [1.29, 1.82) is 0 Å². The van der Waals surface area contributed by atoms with Crippen LogP contribution in [0, 0.1) is 15.0 Å². The molecule has 0 atom stereocenters. The van der Waals surface area contributed by atoms with Crippen molar-refractivity contribution >= 4 is 22.7 Å². The second-order valence-electron chi connectivity index (χ2n) is 3.61. The van der Waals surface area contributed by atoms with Gasteiger partial charge in [-0.1, -0.05) is 0 Å². The molecular weight excluding hydrogens is 254 g/mol. The van der Waals surface area contributed by atoms with E-state index in [4.69, 9.17) is 4.42 Å². The van der Waals surface area contributed by atoms with Crippen molar-refractivity contribution < 1.29 is 9.34 Å². The second kappa shape index (κ2) is 3.98. The lowest BCUT2D eigenvalue weighted by molar-refractivity contribution is -0.388. The van der Waals surface area contributed by atoms with E-state index in [0.29, 0.717) is 17.1 Å². The van der Waals surface area contributed by atoms with Crippen LogP contribution in [-0.2, 0) is 0 Å². The summed E-state index contributed by atoms with van der Waals surface area (Å²) in [4.78, 5) is 31.1. The molecule has 3 aromatic rings. The van der Waals surface area contributed by atoms with Crippen LogP contribution >= 0.6 is 0 Å². The maximum Gasteiger partial charge on any atom is 0.395 e. The lowest BCUT2D eigenvalue weighted by Crippen LogP contribution is -1.92. The summed E-state index contributed by atoms with van der Waals surface area (Å²) in [6.45, 7) is 0. The Morgan fingerprint density at radius 2 is 2.26 bits per heavy atom. The van der Waals surface area contributed by atoms with Crippen LogP contribution in [0.1, 0.15) is 0 Å². The maximum atomic E-state index is 10.7. The molecule has 0 amide bonds. The molecular formula is C10H5N5O4. The fraction of sp³-hybridized carbons (Fsp3) is 0. The molecule has 0 aliphatic carbocycles. The van der Waals surface area contributed by atoms with E-state index in [2.05, 4.69) is 20.1 Å². The number of hydrogen-bond acceptors (Lipinski definition) is 7. The number of aromatic amines is 1. The largest absolute Gasteiger partial charge is 0.461 e. The average Bonchev–Trinajstić information content (AvgIpc) is 3.05. The van der Waals surface area contributed by atoms with Crippen molar-refractivity contribution in [3.05, 3.63) is 39.5 Å². The molecule has 3 heterocycles. The number of nitroso groups, excluding NO2 is 1. The number of rotatable bonds is 3. The summed E-state index contributed by atoms with van der Waals surface area (Å²) in [5.74, 6) is 0.200. The van der Waals surface area contributed by atoms with Crippen molar-refractivity contribution in [3.8, 4) is 11.6 Å². The van der Waals surface area contributed by atoms with Crippen LogP contribution in [0.3, 0.4) is 0 Å². The minimum Gasteiger partial charge on any atom is -0.461 e. The van der Waals surface area contributed by atoms with Crippen LogP contribution in [0.25, 0.3) is 22.7 Å². The van der Waals surface area contributed by atoms with Gasteiger partial charge in [0.2, 0.25) is 5.69 Å². The number of aromatic nitrogens is 3. The molecule has 3 aromatic heterocycles. The van der Waals surface area contributed by atoms with Crippen LogP contribution in [0.5, 0.6) is 0 Å². The SMILES string of the molecule is O=Nc1cc2[nH]c(-c3ccco3)nc2nc1[N+](=O)[O-]. The highest BCUT2D eigenvalue weighted by molar-refractivity contribution is 5.80. The third-order valence-corrected chi connectivity index (χ3v) is 2.46. The van der Waals surface area contributed by atoms with E-state index in [1.54, 1.807) is 12.1 Å². The Morgan fingerprint density at radius 1 is 1.42 bits per heavy atom. The van der Waals surface area contributed by atoms with Gasteiger partial charge in [0.15, 0.2) is 11.6 Å². The fourth-order valence-corrected chi connectivity index (χ4v) is 1.65. The van der Waals surface area contributed by atoms with Gasteiger partial charge in [0, 0.05) is 6.07 Å². The number of furan rings is 1. The lowest BCUT2D eigenvalue weighted by atomic mass is 10.3. The molecule has 0 radical (unpaired) electrons. The summed E-state index contributed by atoms with van der Waals surface area (Å²) in [6.07, 6.45) is 1.47. The first-order chi connectivity index (χ1) is 9.19. The molecule has 0 aromatic carbocycles. The van der Waals surface area contributed by atoms with Crippen molar-refractivity contribution in [2.24, 2.45) is 5.18 Å². The van der Waals surface area contributed by atoms with Crippen molar-refractivity contribution in [3.63, 3.8) is 0 Å². The summed E-state index contributed by atoms with van der Waals surface area (Å²) < 4.78 is 5.14. The molecule has 3 rings (SSSR count). The topological polar surface area (TPSA) is 127 Å². The Balaban J connectivity index is 2.23. The number of hydrogen-bond donors (Lipinski definition) is 1. The maximum absolute atomic E-state index is 10.7. The average molecular weight is 259 g/mol. The normalized spacial score (nSPS) is 10.7. The van der Waals surface area contributed by atoms with Crippen LogP contribution in [-0.4, -0.2) is 19.9 Å². The Kier molecular flexibility index (Phi) is 2.31. The van der Waals surface area contributed by atoms with Gasteiger partial charge in [-0.05, 0) is 27.2 Å². The van der Waals surface area contributed by atoms with E-state index >= 15 is 0 Å². The molecule has 0 aliphatic heterocycles. The predicted octanol–water partition coefficient (Wildman–Crippen LogP) is 2.52. The Bertz CT molecular complexity index is 777. The first-order valence-corrected chi connectivity index (χ1v) is 5.11. The molecule has 0 saturated carbocycles. The zero-order valence-electron chi connectivity index (χ0n) is 9.23. The third kappa shape index (κ3) is 1.73. The van der Waals surface area contributed by atoms with Crippen LogP contribution in [0.2, 0.25) is 0 Å². The molecule has 0 unspecified atom stereocenters. The van der Waals surface area contributed by atoms with Gasteiger partial charge in [-0.15, -0.1) is 4.91 Å². The van der Waals surface area contributed by atoms with E-state index < -0.39 is 10.7 Å². The van der Waals surface area contributed by atoms with Crippen LogP contribution in [0.15, 0.2) is 34.1 Å². The monoisotopic (exact) mass is 259 g/mol. The highest BCUT2D eigenvalue weighted by Crippen LogP contribution is 2.29. The molecule has 0 spiro atoms. The first kappa shape index (κ1) is 11.0. The van der Waals surface area contributed by atoms with Crippen molar-refractivity contribution in [1.82, 2.24) is 15.0 Å². The summed E-state index contributed by atoms with van der Waals surface area (Å²) in [5.41, 5.74) is 0.129. The highest BCUT2D eigenvalue weighted by Gasteiger charge is 2.22. The van der Waals surface area contributed by atoms with Crippen molar-refractivity contribution in [2.45, 2.75) is 0 Å². The lowest BCUT2D eigenvalue weighted by Gasteiger charge is -1.92. The fourth-order valence-electron chi connectivity index (χ4n) is 1.65. The van der Waals surface area contributed by atoms with E-state index in [9.17, 15) is 15.0 Å². The predicted molar refractivity (Wildman–Crippen MR) is 63.7 cm³/mol. The first-order valence-electron chi connectivity index (χ1n) is 5.11. The highest BCUT2D eigenvalue weighted by atomic mass is 16.6. The number of nitrogens with zero attached hydrogens (tertiary/aromatic N) is 4. The van der Waals surface area contributed by atoms with Crippen LogP contribution < -0.4 is 0 Å². The Labute approximate surface area is 104 Å². The minimum absolute atomic E-state index is 0.116. The molecule has 9 heteroatoms. The minimum atomic E-state index is -0.780. The summed E-state index contributed by atoms with van der Waals surface area (Å²) in [5, 5.41) is 13.3. The van der Waals surface area contributed by atoms with E-state index in [1.165, 1.54) is 12.3 Å². The molecule has 94 valence electrons. The summed E-state index contributed by atoms with van der Waals surface area (Å²) in [7, 11) is 0. The molecule has 1 N–H and O–H groups in total. The second-order valence-corrected chi connectivity index (χ2v) is 3.61. The van der Waals surface area contributed by atoms with Gasteiger partial charge < -0.3 is 19.5 Å². The van der Waals surface area contributed by atoms with Gasteiger partial charge in [0.1, 0.15) is 5.52 Å². The number of fused-ring (bicyclic) bond motifs is 1. The number of nitro groups is 1. The van der Waals surface area contributed by atoms with E-state index in [0.717, 1.165) is 0 Å². The molecule has 0 aliphatic rings. The standard InChI is InChI=1S/C10H5N5O4/c16-14-6-4-5-8(13-10(6)15(17)18)12-9(11-5)7-2-1-3-19-7/h1-4H,(H,11,12,13). The zero-order valence-corrected chi connectivity index (χ0v) is 9.23. The van der Waals surface area contributed by atoms with Gasteiger partial charge >= 0.3 is 5.82 Å². The number of H-pyrrole nitrogens is 1. The van der Waals surface area contributed by atoms with Crippen LogP contribution in [0.4, 0.5) is 11.5 Å². The zero-order chi connectivity index (χ0) is 13.4. The van der Waals surface area contributed by atoms with E-state index in [-0.39, 0.29) is 11.3 Å². The summed E-state index contributed by atoms with van der Waals surface area (Å²) in [6, 6.07) is 4.58. The van der Waals surface area contributed by atoms with E-state index in [1.807, 2.05) is 0 Å². The summed E-state index contributed by atoms with van der Waals surface area (Å²) >= 11 is 0. The van der Waals surface area contributed by atoms with Gasteiger partial charge in [-0.3, -0.25) is 0 Å². The van der Waals surface area contributed by atoms with Gasteiger partial charge in [-0.2, -0.15) is 4.98 Å². The van der Waals surface area contributed by atoms with Gasteiger partial charge in [0.25, 0.3) is 5.65 Å². The number of nitrogens with one attached hydrogen (secondary N) is 1. The van der Waals surface area contributed by atoms with Gasteiger partial charge in [0.05, 0.1) is 6.26 Å². The van der Waals surface area contributed by atoms with Gasteiger partial charge in [-0.25, -0.2) is 0 Å². The van der Waals surface area contributed by atoms with Crippen molar-refractivity contribution in [2.75, 3.05) is 0 Å². The smallest absolute Gasteiger partial charge is 0.395 e. The Hall–Kier alpha value is -3.10. The number of pyridine rings is 1. The molecule has 19 heavy (non-hydrogen) atoms. The third-order valence-electron chi connectivity index (χ3n) is 2.46.